The molecule has 0 aliphatic carbocycles. The summed E-state index contributed by atoms with van der Waals surface area (Å²) in [4.78, 5) is 7.78. The summed E-state index contributed by atoms with van der Waals surface area (Å²) in [6.45, 7) is 6.69. The second kappa shape index (κ2) is 12.1. The highest BCUT2D eigenvalue weighted by Gasteiger charge is 2.16. The Morgan fingerprint density at radius 3 is 1.77 bits per heavy atom. The number of hydrogen-bond donors (Lipinski definition) is 1. The third-order valence-electron chi connectivity index (χ3n) is 6.36. The predicted octanol–water partition coefficient (Wildman–Crippen LogP) is 5.24. The Bertz CT molecular complexity index is 1130. The van der Waals surface area contributed by atoms with Crippen molar-refractivity contribution in [2.75, 3.05) is 56.6 Å². The summed E-state index contributed by atoms with van der Waals surface area (Å²) in [7, 11) is 0. The first-order valence-electron chi connectivity index (χ1n) is 12.3. The van der Waals surface area contributed by atoms with Crippen LogP contribution in [0.4, 0.5) is 5.69 Å². The largest absolute Gasteiger partial charge is 0.488 e. The minimum Gasteiger partial charge on any atom is -0.488 e. The molecule has 2 bridgehead atoms. The van der Waals surface area contributed by atoms with Gasteiger partial charge in [0.1, 0.15) is 13.2 Å². The van der Waals surface area contributed by atoms with Crippen LogP contribution in [0.25, 0.3) is 0 Å². The molecule has 5 nitrogen and oxygen atoms in total. The van der Waals surface area contributed by atoms with E-state index in [0.29, 0.717) is 18.9 Å². The van der Waals surface area contributed by atoms with Gasteiger partial charge in [0, 0.05) is 72.3 Å². The average Bonchev–Trinajstić information content (AvgIpc) is 2.86. The molecule has 3 heterocycles. The second-order valence-electron chi connectivity index (χ2n) is 8.87. The van der Waals surface area contributed by atoms with E-state index in [2.05, 4.69) is 58.3 Å². The van der Waals surface area contributed by atoms with Crippen LogP contribution in [-0.2, 0) is 13.1 Å². The van der Waals surface area contributed by atoms with Crippen LogP contribution in [0.15, 0.2) is 76.5 Å². The number of ether oxygens (including phenoxy) is 2. The van der Waals surface area contributed by atoms with Crippen molar-refractivity contribution in [3.05, 3.63) is 77.9 Å². The number of thioether (sulfide) groups is 2. The molecule has 3 aliphatic heterocycles. The standard InChI is InChI=1S/C28H33N3O2S2/c29-24-9-10-25-26(19-24)33-16-12-31-14-18-35-27-7-3-1-5-22(27)20-30(11-15-32-25)13-17-34-28-8-4-2-6-23(28)21-31/h1-10,19H,11-18,20-21,29H2. The number of nitrogens with two attached hydrogens (primary N) is 1. The van der Waals surface area contributed by atoms with E-state index >= 15 is 0 Å². The molecule has 0 amide bonds. The van der Waals surface area contributed by atoms with E-state index in [1.54, 1.807) is 0 Å². The molecule has 2 N–H and O–H groups in total. The molecule has 3 aliphatic rings. The maximum atomic E-state index is 6.22. The van der Waals surface area contributed by atoms with Crippen LogP contribution in [-0.4, -0.2) is 60.7 Å². The lowest BCUT2D eigenvalue weighted by Gasteiger charge is -2.27. The fourth-order valence-electron chi connectivity index (χ4n) is 4.47. The first-order valence-corrected chi connectivity index (χ1v) is 14.2. The SMILES string of the molecule is Nc1ccc2c(c1)OCCN1CCSc3ccccc3CN(CCO2)CCSc2ccccc2C1. The number of fused-ring (bicyclic) bond motifs is 8. The number of hydrogen-bond acceptors (Lipinski definition) is 7. The molecule has 0 radical (unpaired) electrons. The van der Waals surface area contributed by atoms with E-state index in [1.165, 1.54) is 20.9 Å². The van der Waals surface area contributed by atoms with Crippen molar-refractivity contribution in [3.63, 3.8) is 0 Å². The number of nitrogens with zero attached hydrogens (tertiary/aromatic N) is 2. The van der Waals surface area contributed by atoms with Crippen LogP contribution >= 0.6 is 23.5 Å². The molecular formula is C28H33N3O2S2. The Hall–Kier alpha value is -2.32. The van der Waals surface area contributed by atoms with Crippen LogP contribution in [0.3, 0.4) is 0 Å². The molecule has 35 heavy (non-hydrogen) atoms. The minimum atomic E-state index is 0.586. The van der Waals surface area contributed by atoms with Crippen molar-refractivity contribution in [2.24, 2.45) is 0 Å². The second-order valence-corrected chi connectivity index (χ2v) is 11.1. The third-order valence-corrected chi connectivity index (χ3v) is 8.55. The van der Waals surface area contributed by atoms with Crippen molar-refractivity contribution < 1.29 is 9.47 Å². The molecule has 0 saturated heterocycles. The van der Waals surface area contributed by atoms with Gasteiger partial charge in [0.2, 0.25) is 0 Å². The molecule has 7 heteroatoms. The molecule has 2 atom stereocenters. The molecule has 0 saturated carbocycles. The lowest BCUT2D eigenvalue weighted by Crippen LogP contribution is -2.32. The van der Waals surface area contributed by atoms with Crippen molar-refractivity contribution >= 4 is 29.2 Å². The minimum absolute atomic E-state index is 0.586. The first kappa shape index (κ1) is 24.4. The summed E-state index contributed by atoms with van der Waals surface area (Å²) in [5.74, 6) is 3.58. The quantitative estimate of drug-likeness (QED) is 0.418. The van der Waals surface area contributed by atoms with Crippen LogP contribution in [0.1, 0.15) is 11.1 Å². The highest BCUT2D eigenvalue weighted by Crippen LogP contribution is 2.31. The Morgan fingerprint density at radius 1 is 0.629 bits per heavy atom. The first-order chi connectivity index (χ1) is 17.2. The normalized spacial score (nSPS) is 21.5. The Kier molecular flexibility index (Phi) is 8.42. The predicted molar refractivity (Wildman–Crippen MR) is 147 cm³/mol. The molecule has 3 aromatic rings. The van der Waals surface area contributed by atoms with Gasteiger partial charge >= 0.3 is 0 Å². The summed E-state index contributed by atoms with van der Waals surface area (Å²) in [5, 5.41) is 0. The lowest BCUT2D eigenvalue weighted by atomic mass is 10.2. The lowest BCUT2D eigenvalue weighted by molar-refractivity contribution is 0.188. The summed E-state index contributed by atoms with van der Waals surface area (Å²) in [6.07, 6.45) is 0. The van der Waals surface area contributed by atoms with Crippen molar-refractivity contribution in [2.45, 2.75) is 22.9 Å². The van der Waals surface area contributed by atoms with Gasteiger partial charge in [-0.2, -0.15) is 0 Å². The number of nitrogen functional groups attached to an aromatic ring is 1. The van der Waals surface area contributed by atoms with Gasteiger partial charge in [-0.15, -0.1) is 23.5 Å². The Morgan fingerprint density at radius 2 is 1.17 bits per heavy atom. The highest BCUT2D eigenvalue weighted by molar-refractivity contribution is 7.99. The van der Waals surface area contributed by atoms with Gasteiger partial charge in [0.25, 0.3) is 0 Å². The summed E-state index contributed by atoms with van der Waals surface area (Å²) in [6, 6.07) is 23.4. The monoisotopic (exact) mass is 507 g/mol. The van der Waals surface area contributed by atoms with Crippen molar-refractivity contribution in [1.29, 1.82) is 0 Å². The van der Waals surface area contributed by atoms with Crippen LogP contribution in [0.5, 0.6) is 11.5 Å². The number of rotatable bonds is 0. The molecule has 0 spiro atoms. The molecule has 184 valence electrons. The van der Waals surface area contributed by atoms with E-state index < -0.39 is 0 Å². The van der Waals surface area contributed by atoms with Gasteiger partial charge in [0.05, 0.1) is 0 Å². The molecule has 3 aromatic carbocycles. The van der Waals surface area contributed by atoms with E-state index in [0.717, 1.165) is 62.3 Å². The molecule has 0 aromatic heterocycles. The average molecular weight is 508 g/mol. The van der Waals surface area contributed by atoms with Crippen LogP contribution in [0.2, 0.25) is 0 Å². The smallest absolute Gasteiger partial charge is 0.163 e. The van der Waals surface area contributed by atoms with Gasteiger partial charge in [-0.25, -0.2) is 0 Å². The zero-order valence-corrected chi connectivity index (χ0v) is 21.7. The van der Waals surface area contributed by atoms with Crippen molar-refractivity contribution in [3.8, 4) is 11.5 Å². The van der Waals surface area contributed by atoms with E-state index in [-0.39, 0.29) is 0 Å². The Balaban J connectivity index is 1.48. The maximum Gasteiger partial charge on any atom is 0.163 e. The molecular weight excluding hydrogens is 474 g/mol. The number of benzene rings is 3. The van der Waals surface area contributed by atoms with E-state index in [9.17, 15) is 0 Å². The Labute approximate surface area is 217 Å². The van der Waals surface area contributed by atoms with Gasteiger partial charge < -0.3 is 15.2 Å². The van der Waals surface area contributed by atoms with E-state index in [4.69, 9.17) is 15.2 Å². The highest BCUT2D eigenvalue weighted by atomic mass is 32.2. The molecule has 6 rings (SSSR count). The molecule has 2 unspecified atom stereocenters. The topological polar surface area (TPSA) is 51.0 Å². The zero-order valence-electron chi connectivity index (χ0n) is 20.0. The summed E-state index contributed by atoms with van der Waals surface area (Å²) < 4.78 is 12.4. The third kappa shape index (κ3) is 6.67. The van der Waals surface area contributed by atoms with Crippen LogP contribution < -0.4 is 15.2 Å². The van der Waals surface area contributed by atoms with Crippen LogP contribution in [0, 0.1) is 0 Å². The fraction of sp³-hybridized carbons (Fsp3) is 0.357. The molecule has 0 fully saturated rings. The van der Waals surface area contributed by atoms with Gasteiger partial charge in [-0.1, -0.05) is 36.4 Å². The van der Waals surface area contributed by atoms with E-state index in [1.807, 2.05) is 41.7 Å². The van der Waals surface area contributed by atoms with Gasteiger partial charge in [-0.3, -0.25) is 9.80 Å². The van der Waals surface area contributed by atoms with Gasteiger partial charge in [0.15, 0.2) is 11.5 Å². The number of anilines is 1. The summed E-state index contributed by atoms with van der Waals surface area (Å²) in [5.41, 5.74) is 9.55. The maximum absolute atomic E-state index is 6.22. The zero-order chi connectivity index (χ0) is 23.9. The van der Waals surface area contributed by atoms with Gasteiger partial charge in [-0.05, 0) is 35.4 Å². The summed E-state index contributed by atoms with van der Waals surface area (Å²) >= 11 is 3.92. The fourth-order valence-corrected chi connectivity index (χ4v) is 6.59. The van der Waals surface area contributed by atoms with Crippen molar-refractivity contribution in [1.82, 2.24) is 9.80 Å².